The van der Waals surface area contributed by atoms with Crippen molar-refractivity contribution in [1.82, 2.24) is 10.3 Å². The summed E-state index contributed by atoms with van der Waals surface area (Å²) in [4.78, 5) is 16.0. The van der Waals surface area contributed by atoms with E-state index in [1.807, 2.05) is 12.1 Å². The Kier molecular flexibility index (Phi) is 7.70. The van der Waals surface area contributed by atoms with Crippen LogP contribution in [0.5, 0.6) is 11.6 Å². The summed E-state index contributed by atoms with van der Waals surface area (Å²) in [7, 11) is 1.63. The molecule has 0 radical (unpaired) electrons. The van der Waals surface area contributed by atoms with Crippen molar-refractivity contribution in [2.45, 2.75) is 71.1 Å². The molecule has 1 unspecified atom stereocenters. The second kappa shape index (κ2) is 11.2. The monoisotopic (exact) mass is 513 g/mol. The number of carbonyl (C=O) groups excluding carboxylic acids is 1. The topological polar surface area (TPSA) is 83.5 Å². The van der Waals surface area contributed by atoms with Crippen molar-refractivity contribution < 1.29 is 19.4 Å². The molecule has 1 aromatic heterocycles. The molecule has 3 atom stereocenters. The summed E-state index contributed by atoms with van der Waals surface area (Å²) in [6, 6.07) is 17.2. The Bertz CT molecular complexity index is 1300. The smallest absolute Gasteiger partial charge is 0.213 e. The van der Waals surface area contributed by atoms with Gasteiger partial charge in [0.25, 0.3) is 0 Å². The van der Waals surface area contributed by atoms with E-state index in [9.17, 15) is 9.90 Å². The molecule has 0 spiro atoms. The number of aryl methyl sites for hydroxylation is 1. The van der Waals surface area contributed by atoms with Gasteiger partial charge in [0.2, 0.25) is 5.88 Å². The number of carboxylic acids is 1. The van der Waals surface area contributed by atoms with Crippen LogP contribution in [-0.4, -0.2) is 24.1 Å². The molecule has 1 aliphatic carbocycles. The van der Waals surface area contributed by atoms with Gasteiger partial charge in [-0.1, -0.05) is 51.1 Å². The van der Waals surface area contributed by atoms with Crippen molar-refractivity contribution in [3.05, 3.63) is 77.0 Å². The Morgan fingerprint density at radius 2 is 1.92 bits per heavy atom. The number of benzene rings is 2. The molecule has 3 aromatic rings. The van der Waals surface area contributed by atoms with Crippen LogP contribution in [0.2, 0.25) is 0 Å². The van der Waals surface area contributed by atoms with Crippen molar-refractivity contribution in [2.75, 3.05) is 7.11 Å². The van der Waals surface area contributed by atoms with Crippen LogP contribution in [0.25, 0.3) is 11.1 Å². The number of hydrogen-bond acceptors (Lipinski definition) is 6. The van der Waals surface area contributed by atoms with E-state index >= 15 is 0 Å². The number of nitrogens with one attached hydrogen (secondary N) is 1. The third-order valence-electron chi connectivity index (χ3n) is 7.92. The molecule has 2 heterocycles. The molecule has 0 saturated heterocycles. The number of methoxy groups -OCH3 is 1. The number of fused-ring (bicyclic) bond motifs is 1. The summed E-state index contributed by atoms with van der Waals surface area (Å²) in [6.07, 6.45) is 5.68. The van der Waals surface area contributed by atoms with Crippen LogP contribution in [0.1, 0.15) is 74.3 Å². The SMILES string of the molecule is COc1cc(-c2ccc(C3CCc4ccc([C@H](C5CC5)[C@H](C)C(=O)[O-])cc4O3)cc2CNC(C)C)ccn1. The van der Waals surface area contributed by atoms with Crippen molar-refractivity contribution in [1.29, 1.82) is 0 Å². The molecule has 1 saturated carbocycles. The predicted molar refractivity (Wildman–Crippen MR) is 146 cm³/mol. The highest BCUT2D eigenvalue weighted by Gasteiger charge is 2.37. The first-order valence-electron chi connectivity index (χ1n) is 13.7. The number of hydrogen-bond donors (Lipinski definition) is 1. The molecule has 6 nitrogen and oxygen atoms in total. The van der Waals surface area contributed by atoms with E-state index in [2.05, 4.69) is 60.5 Å². The zero-order valence-corrected chi connectivity index (χ0v) is 22.7. The molecule has 1 fully saturated rings. The average molecular weight is 514 g/mol. The second-order valence-corrected chi connectivity index (χ2v) is 11.0. The van der Waals surface area contributed by atoms with E-state index in [0.29, 0.717) is 17.8 Å². The third kappa shape index (κ3) is 5.70. The highest BCUT2D eigenvalue weighted by Crippen LogP contribution is 2.48. The summed E-state index contributed by atoms with van der Waals surface area (Å²) < 4.78 is 12.0. The van der Waals surface area contributed by atoms with E-state index in [1.54, 1.807) is 20.2 Å². The summed E-state index contributed by atoms with van der Waals surface area (Å²) in [6.45, 7) is 6.80. The minimum atomic E-state index is -0.979. The second-order valence-electron chi connectivity index (χ2n) is 11.0. The number of pyridine rings is 1. The fourth-order valence-electron chi connectivity index (χ4n) is 5.64. The van der Waals surface area contributed by atoms with E-state index in [0.717, 1.165) is 60.2 Å². The predicted octanol–water partition coefficient (Wildman–Crippen LogP) is 5.20. The molecule has 0 bridgehead atoms. The van der Waals surface area contributed by atoms with Gasteiger partial charge in [-0.2, -0.15) is 0 Å². The molecule has 0 amide bonds. The van der Waals surface area contributed by atoms with Crippen LogP contribution in [0.15, 0.2) is 54.7 Å². The van der Waals surface area contributed by atoms with Gasteiger partial charge >= 0.3 is 0 Å². The maximum atomic E-state index is 11.7. The van der Waals surface area contributed by atoms with Crippen molar-refractivity contribution in [3.63, 3.8) is 0 Å². The highest BCUT2D eigenvalue weighted by molar-refractivity contribution is 5.69. The maximum Gasteiger partial charge on any atom is 0.213 e. The average Bonchev–Trinajstić information content (AvgIpc) is 3.76. The van der Waals surface area contributed by atoms with Crippen molar-refractivity contribution >= 4 is 5.97 Å². The summed E-state index contributed by atoms with van der Waals surface area (Å²) in [5, 5.41) is 15.3. The lowest BCUT2D eigenvalue weighted by Gasteiger charge is -2.30. The lowest BCUT2D eigenvalue weighted by atomic mass is 9.82. The number of carboxylic acid groups (broad SMARTS) is 1. The van der Waals surface area contributed by atoms with Gasteiger partial charge in [-0.05, 0) is 83.0 Å². The Morgan fingerprint density at radius 1 is 1.11 bits per heavy atom. The first kappa shape index (κ1) is 26.2. The van der Waals surface area contributed by atoms with Crippen LogP contribution < -0.4 is 19.9 Å². The number of ether oxygens (including phenoxy) is 2. The Labute approximate surface area is 225 Å². The molecule has 1 N–H and O–H groups in total. The normalized spacial score (nSPS) is 18.4. The van der Waals surface area contributed by atoms with Gasteiger partial charge in [0.15, 0.2) is 0 Å². The Balaban J connectivity index is 1.43. The number of aromatic nitrogens is 1. The summed E-state index contributed by atoms with van der Waals surface area (Å²) >= 11 is 0. The van der Waals surface area contributed by atoms with Crippen LogP contribution in [-0.2, 0) is 17.8 Å². The molecule has 5 rings (SSSR count). The van der Waals surface area contributed by atoms with E-state index < -0.39 is 11.9 Å². The molecule has 2 aromatic carbocycles. The molecule has 2 aliphatic rings. The fourth-order valence-corrected chi connectivity index (χ4v) is 5.64. The molecule has 1 aliphatic heterocycles. The van der Waals surface area contributed by atoms with Crippen LogP contribution in [0, 0.1) is 11.8 Å². The van der Waals surface area contributed by atoms with Crippen molar-refractivity contribution in [3.8, 4) is 22.8 Å². The summed E-state index contributed by atoms with van der Waals surface area (Å²) in [5.74, 6) is 0.355. The maximum absolute atomic E-state index is 11.7. The van der Waals surface area contributed by atoms with E-state index in [-0.39, 0.29) is 12.0 Å². The quantitative estimate of drug-likeness (QED) is 0.401. The zero-order valence-electron chi connectivity index (χ0n) is 22.7. The molecule has 6 heteroatoms. The Morgan fingerprint density at radius 3 is 2.63 bits per heavy atom. The lowest BCUT2D eigenvalue weighted by molar-refractivity contribution is -0.311. The summed E-state index contributed by atoms with van der Waals surface area (Å²) in [5.41, 5.74) is 6.79. The van der Waals surface area contributed by atoms with E-state index in [4.69, 9.17) is 9.47 Å². The van der Waals surface area contributed by atoms with Gasteiger partial charge in [0, 0.05) is 36.7 Å². The standard InChI is InChI=1S/C32H38N2O4/c1-19(2)34-18-26-15-24(9-11-27(26)23-13-14-33-30(17-23)37-4)28-12-10-21-5-8-25(16-29(21)38-28)31(22-6-7-22)20(3)32(35)36/h5,8-9,11,13-17,19-20,22,28,31,34H,6-7,10,12,18H2,1-4H3,(H,35,36)/p-1/t20-,28?,31-/m0/s1. The molecular weight excluding hydrogens is 476 g/mol. The minimum Gasteiger partial charge on any atom is -0.550 e. The minimum absolute atomic E-state index is 0.0281. The zero-order chi connectivity index (χ0) is 26.8. The van der Waals surface area contributed by atoms with Crippen molar-refractivity contribution in [2.24, 2.45) is 11.8 Å². The molecule has 38 heavy (non-hydrogen) atoms. The Hall–Kier alpha value is -3.38. The van der Waals surface area contributed by atoms with Gasteiger partial charge in [-0.3, -0.25) is 0 Å². The van der Waals surface area contributed by atoms with Crippen LogP contribution in [0.4, 0.5) is 0 Å². The third-order valence-corrected chi connectivity index (χ3v) is 7.92. The molecule has 200 valence electrons. The van der Waals surface area contributed by atoms with E-state index in [1.165, 1.54) is 11.1 Å². The first-order chi connectivity index (χ1) is 18.3. The van der Waals surface area contributed by atoms with Gasteiger partial charge in [-0.15, -0.1) is 0 Å². The lowest BCUT2D eigenvalue weighted by Crippen LogP contribution is -2.34. The number of carbonyl (C=O) groups is 1. The number of rotatable bonds is 10. The first-order valence-corrected chi connectivity index (χ1v) is 13.7. The van der Waals surface area contributed by atoms with Gasteiger partial charge in [-0.25, -0.2) is 4.98 Å². The van der Waals surface area contributed by atoms with Gasteiger partial charge in [0.1, 0.15) is 11.9 Å². The van der Waals surface area contributed by atoms with Crippen LogP contribution in [0.3, 0.4) is 0 Å². The van der Waals surface area contributed by atoms with Gasteiger partial charge in [0.05, 0.1) is 7.11 Å². The van der Waals surface area contributed by atoms with Gasteiger partial charge < -0.3 is 24.7 Å². The van der Waals surface area contributed by atoms with Crippen LogP contribution >= 0.6 is 0 Å². The fraction of sp³-hybridized carbons (Fsp3) is 0.438. The highest BCUT2D eigenvalue weighted by atomic mass is 16.5. The number of nitrogens with zero attached hydrogens (tertiary/aromatic N) is 1. The molecular formula is C32H37N2O4-. The largest absolute Gasteiger partial charge is 0.550 e. The number of aliphatic carboxylic acids is 1.